The van der Waals surface area contributed by atoms with E-state index in [1.165, 1.54) is 22.9 Å². The normalized spacial score (nSPS) is 16.2. The van der Waals surface area contributed by atoms with Gasteiger partial charge in [-0.25, -0.2) is 4.98 Å². The summed E-state index contributed by atoms with van der Waals surface area (Å²) in [6.07, 6.45) is 6.49. The lowest BCUT2D eigenvalue weighted by atomic mass is 9.96. The van der Waals surface area contributed by atoms with Crippen molar-refractivity contribution < 1.29 is 0 Å². The number of hydrogen-bond acceptors (Lipinski definition) is 3. The van der Waals surface area contributed by atoms with Crippen LogP contribution in [0.4, 0.5) is 0 Å². The van der Waals surface area contributed by atoms with E-state index in [1.54, 1.807) is 18.4 Å². The Labute approximate surface area is 159 Å². The van der Waals surface area contributed by atoms with Crippen molar-refractivity contribution in [1.29, 1.82) is 0 Å². The van der Waals surface area contributed by atoms with E-state index in [4.69, 9.17) is 0 Å². The van der Waals surface area contributed by atoms with E-state index in [0.29, 0.717) is 6.54 Å². The highest BCUT2D eigenvalue weighted by atomic mass is 79.9. The fourth-order valence-electron chi connectivity index (χ4n) is 3.09. The van der Waals surface area contributed by atoms with Crippen molar-refractivity contribution >= 4 is 38.2 Å². The largest absolute Gasteiger partial charge is 0.356 e. The molecule has 0 unspecified atom stereocenters. The zero-order valence-corrected chi connectivity index (χ0v) is 16.4. The summed E-state index contributed by atoms with van der Waals surface area (Å²) in [4.78, 5) is 9.95. The summed E-state index contributed by atoms with van der Waals surface area (Å²) in [6, 6.07) is 8.50. The number of guanidine groups is 1. The van der Waals surface area contributed by atoms with Gasteiger partial charge in [-0.05, 0) is 24.5 Å². The predicted octanol–water partition coefficient (Wildman–Crippen LogP) is 3.56. The van der Waals surface area contributed by atoms with Crippen molar-refractivity contribution in [3.63, 3.8) is 0 Å². The Bertz CT molecular complexity index is 880. The van der Waals surface area contributed by atoms with Crippen molar-refractivity contribution in [3.8, 4) is 0 Å². The first-order valence-corrected chi connectivity index (χ1v) is 9.98. The molecule has 1 aromatic carbocycles. The summed E-state index contributed by atoms with van der Waals surface area (Å²) in [5.74, 6) is 0.815. The molecule has 0 atom stereocenters. The van der Waals surface area contributed by atoms with Crippen LogP contribution in [-0.4, -0.2) is 28.9 Å². The van der Waals surface area contributed by atoms with Crippen molar-refractivity contribution in [2.75, 3.05) is 13.6 Å². The second kappa shape index (κ2) is 6.80. The number of imidazole rings is 1. The molecule has 4 rings (SSSR count). The molecular weight excluding hydrogens is 398 g/mol. The molecule has 5 nitrogen and oxygen atoms in total. The van der Waals surface area contributed by atoms with Crippen molar-refractivity contribution in [2.45, 2.75) is 24.8 Å². The van der Waals surface area contributed by atoms with Crippen LogP contribution in [-0.2, 0) is 12.0 Å². The van der Waals surface area contributed by atoms with Gasteiger partial charge in [0.25, 0.3) is 0 Å². The van der Waals surface area contributed by atoms with Crippen LogP contribution in [0.3, 0.4) is 0 Å². The van der Waals surface area contributed by atoms with Crippen molar-refractivity contribution in [3.05, 3.63) is 57.8 Å². The molecule has 2 aromatic heterocycles. The number of benzene rings is 1. The molecule has 2 heterocycles. The summed E-state index contributed by atoms with van der Waals surface area (Å²) >= 11 is 5.33. The molecule has 2 N–H and O–H groups in total. The van der Waals surface area contributed by atoms with Crippen LogP contribution < -0.4 is 10.6 Å². The molecule has 7 heteroatoms. The van der Waals surface area contributed by atoms with Crippen LogP contribution in [0.25, 0.3) is 4.96 Å². The monoisotopic (exact) mass is 417 g/mol. The van der Waals surface area contributed by atoms with E-state index in [2.05, 4.69) is 67.0 Å². The average molecular weight is 418 g/mol. The number of aromatic nitrogens is 2. The molecule has 0 amide bonds. The van der Waals surface area contributed by atoms with Crippen LogP contribution in [0.5, 0.6) is 0 Å². The van der Waals surface area contributed by atoms with E-state index in [9.17, 15) is 0 Å². The van der Waals surface area contributed by atoms with Gasteiger partial charge in [-0.1, -0.05) is 34.1 Å². The second-order valence-electron chi connectivity index (χ2n) is 6.36. The summed E-state index contributed by atoms with van der Waals surface area (Å²) < 4.78 is 3.24. The maximum absolute atomic E-state index is 4.59. The topological polar surface area (TPSA) is 53.7 Å². The Morgan fingerprint density at radius 1 is 1.36 bits per heavy atom. The Kier molecular flexibility index (Phi) is 4.52. The first-order valence-electron chi connectivity index (χ1n) is 8.31. The Balaban J connectivity index is 1.36. The first-order chi connectivity index (χ1) is 12.2. The highest BCUT2D eigenvalue weighted by Gasteiger charge is 2.45. The Morgan fingerprint density at radius 3 is 2.92 bits per heavy atom. The summed E-state index contributed by atoms with van der Waals surface area (Å²) in [6.45, 7) is 1.55. The summed E-state index contributed by atoms with van der Waals surface area (Å²) in [5, 5.41) is 8.88. The lowest BCUT2D eigenvalue weighted by Gasteiger charge is -2.20. The molecule has 1 aliphatic rings. The minimum absolute atomic E-state index is 0.217. The van der Waals surface area contributed by atoms with E-state index in [0.717, 1.165) is 23.2 Å². The Hall–Kier alpha value is -1.86. The van der Waals surface area contributed by atoms with E-state index >= 15 is 0 Å². The van der Waals surface area contributed by atoms with Gasteiger partial charge in [-0.15, -0.1) is 11.3 Å². The zero-order valence-electron chi connectivity index (χ0n) is 14.0. The minimum Gasteiger partial charge on any atom is -0.356 e. The molecule has 1 aliphatic carbocycles. The maximum Gasteiger partial charge on any atom is 0.193 e. The molecule has 0 saturated heterocycles. The minimum atomic E-state index is 0.217. The SMILES string of the molecule is CN=C(NCc1cn2ccsc2n1)NCC1(c2ccccc2Br)CC1. The van der Waals surface area contributed by atoms with Crippen LogP contribution in [0.1, 0.15) is 24.1 Å². The second-order valence-corrected chi connectivity index (χ2v) is 8.09. The fourth-order valence-corrected chi connectivity index (χ4v) is 4.52. The number of halogens is 1. The number of nitrogens with one attached hydrogen (secondary N) is 2. The van der Waals surface area contributed by atoms with E-state index < -0.39 is 0 Å². The lowest BCUT2D eigenvalue weighted by molar-refractivity contribution is 0.642. The lowest BCUT2D eigenvalue weighted by Crippen LogP contribution is -2.41. The third-order valence-electron chi connectivity index (χ3n) is 4.70. The number of thiazole rings is 1. The van der Waals surface area contributed by atoms with E-state index in [-0.39, 0.29) is 5.41 Å². The predicted molar refractivity (Wildman–Crippen MR) is 106 cm³/mol. The molecule has 0 radical (unpaired) electrons. The molecular formula is C18H20BrN5S. The summed E-state index contributed by atoms with van der Waals surface area (Å²) in [5.41, 5.74) is 2.61. The Morgan fingerprint density at radius 2 is 2.20 bits per heavy atom. The number of aliphatic imine (C=N–C) groups is 1. The number of fused-ring (bicyclic) bond motifs is 1. The molecule has 0 aliphatic heterocycles. The zero-order chi connectivity index (χ0) is 17.3. The number of rotatable bonds is 5. The van der Waals surface area contributed by atoms with Crippen LogP contribution in [0, 0.1) is 0 Å². The van der Waals surface area contributed by atoms with Gasteiger partial charge in [0, 0.05) is 41.3 Å². The molecule has 1 saturated carbocycles. The molecule has 3 aromatic rings. The van der Waals surface area contributed by atoms with Crippen molar-refractivity contribution in [2.24, 2.45) is 4.99 Å². The van der Waals surface area contributed by atoms with Gasteiger partial charge in [0.1, 0.15) is 0 Å². The third-order valence-corrected chi connectivity index (χ3v) is 6.16. The van der Waals surface area contributed by atoms with Gasteiger partial charge in [-0.2, -0.15) is 0 Å². The van der Waals surface area contributed by atoms with Gasteiger partial charge in [0.05, 0.1) is 12.2 Å². The highest BCUT2D eigenvalue weighted by molar-refractivity contribution is 9.10. The molecule has 25 heavy (non-hydrogen) atoms. The van der Waals surface area contributed by atoms with Crippen LogP contribution in [0.2, 0.25) is 0 Å². The highest BCUT2D eigenvalue weighted by Crippen LogP contribution is 2.49. The molecule has 0 spiro atoms. The molecule has 130 valence electrons. The van der Waals surface area contributed by atoms with Crippen LogP contribution in [0.15, 0.2) is 51.5 Å². The number of nitrogens with zero attached hydrogens (tertiary/aromatic N) is 3. The van der Waals surface area contributed by atoms with Crippen molar-refractivity contribution in [1.82, 2.24) is 20.0 Å². The van der Waals surface area contributed by atoms with Crippen LogP contribution >= 0.6 is 27.3 Å². The van der Waals surface area contributed by atoms with Gasteiger partial charge < -0.3 is 10.6 Å². The molecule has 0 bridgehead atoms. The average Bonchev–Trinajstić information content (AvgIpc) is 3.10. The third kappa shape index (κ3) is 3.43. The van der Waals surface area contributed by atoms with E-state index in [1.807, 2.05) is 16.0 Å². The van der Waals surface area contributed by atoms with Gasteiger partial charge >= 0.3 is 0 Å². The molecule has 1 fully saturated rings. The number of hydrogen-bond donors (Lipinski definition) is 2. The standard InChI is InChI=1S/C18H20BrN5S/c1-20-16(21-10-13-11-24-8-9-25-17(24)23-13)22-12-18(6-7-18)14-4-2-3-5-15(14)19/h2-5,8-9,11H,6-7,10,12H2,1H3,(H2,20,21,22). The quantitative estimate of drug-likeness (QED) is 0.492. The fraction of sp³-hybridized carbons (Fsp3) is 0.333. The summed E-state index contributed by atoms with van der Waals surface area (Å²) in [7, 11) is 1.80. The first kappa shape index (κ1) is 16.6. The van der Waals surface area contributed by atoms with Gasteiger partial charge in [0.2, 0.25) is 0 Å². The smallest absolute Gasteiger partial charge is 0.193 e. The van der Waals surface area contributed by atoms with Gasteiger partial charge in [-0.3, -0.25) is 9.39 Å². The maximum atomic E-state index is 4.59. The van der Waals surface area contributed by atoms with Gasteiger partial charge in [0.15, 0.2) is 10.9 Å².